The summed E-state index contributed by atoms with van der Waals surface area (Å²) in [5, 5.41) is 4.80. The monoisotopic (exact) mass is 638 g/mol. The molecule has 4 heteroatoms. The van der Waals surface area contributed by atoms with Crippen molar-refractivity contribution in [2.24, 2.45) is 0 Å². The van der Waals surface area contributed by atoms with Crippen LogP contribution in [-0.2, 0) is 0 Å². The summed E-state index contributed by atoms with van der Waals surface area (Å²) in [4.78, 5) is 19.4. The molecule has 9 aromatic rings. The van der Waals surface area contributed by atoms with E-state index in [1.165, 1.54) is 32.7 Å². The number of fused-ring (bicyclic) bond motifs is 3. The smallest absolute Gasteiger partial charge is 0.164 e. The molecule has 0 N–H and O–H groups in total. The van der Waals surface area contributed by atoms with Gasteiger partial charge in [0.2, 0.25) is 0 Å². The summed E-state index contributed by atoms with van der Waals surface area (Å²) in [6.45, 7) is 0. The molecule has 0 aliphatic heterocycles. The molecule has 0 atom stereocenters. The van der Waals surface area contributed by atoms with E-state index < -0.39 is 0 Å². The van der Waals surface area contributed by atoms with Crippen LogP contribution in [0.3, 0.4) is 0 Å². The summed E-state index contributed by atoms with van der Waals surface area (Å²) >= 11 is 0. The van der Waals surface area contributed by atoms with Crippen LogP contribution >= 0.6 is 0 Å². The first-order chi connectivity index (χ1) is 24.8. The van der Waals surface area contributed by atoms with Gasteiger partial charge in [0.1, 0.15) is 0 Å². The molecule has 0 fully saturated rings. The number of aromatic nitrogens is 4. The molecule has 0 bridgehead atoms. The summed E-state index contributed by atoms with van der Waals surface area (Å²) in [6, 6.07) is 59.2. The van der Waals surface area contributed by atoms with Crippen molar-refractivity contribution in [3.8, 4) is 67.5 Å². The highest BCUT2D eigenvalue weighted by molar-refractivity contribution is 6.22. The maximum Gasteiger partial charge on any atom is 0.164 e. The topological polar surface area (TPSA) is 51.6 Å². The van der Waals surface area contributed by atoms with Gasteiger partial charge in [-0.25, -0.2) is 15.0 Å². The second-order valence-corrected chi connectivity index (χ2v) is 12.3. The lowest BCUT2D eigenvalue weighted by atomic mass is 9.84. The molecule has 7 aromatic carbocycles. The molecule has 4 nitrogen and oxygen atoms in total. The van der Waals surface area contributed by atoms with Crippen LogP contribution in [0.2, 0.25) is 0 Å². The second kappa shape index (κ2) is 12.7. The minimum absolute atomic E-state index is 0.629. The number of nitrogens with zero attached hydrogens (tertiary/aromatic N) is 4. The summed E-state index contributed by atoms with van der Waals surface area (Å²) in [5.41, 5.74) is 9.64. The molecule has 0 saturated heterocycles. The molecule has 0 aliphatic rings. The van der Waals surface area contributed by atoms with E-state index in [0.717, 1.165) is 38.9 Å². The fraction of sp³-hybridized carbons (Fsp3) is 0. The molecular formula is C46H30N4. The van der Waals surface area contributed by atoms with Crippen molar-refractivity contribution in [2.45, 2.75) is 0 Å². The number of hydrogen-bond donors (Lipinski definition) is 0. The minimum atomic E-state index is 0.629. The van der Waals surface area contributed by atoms with Gasteiger partial charge < -0.3 is 0 Å². The molecule has 50 heavy (non-hydrogen) atoms. The maximum atomic E-state index is 5.04. The SMILES string of the molecule is c1ccc(-c2nc(-c3ccccc3)nc(-c3cccc(-c4c(-c5ccccc5)c5cc(-c6cccnc6)ccc5c5ccccc45)c3)n2)cc1. The van der Waals surface area contributed by atoms with Crippen LogP contribution in [0.4, 0.5) is 0 Å². The lowest BCUT2D eigenvalue weighted by Gasteiger charge is -2.20. The summed E-state index contributed by atoms with van der Waals surface area (Å²) < 4.78 is 0. The lowest BCUT2D eigenvalue weighted by molar-refractivity contribution is 1.07. The highest BCUT2D eigenvalue weighted by Crippen LogP contribution is 2.46. The van der Waals surface area contributed by atoms with Crippen LogP contribution in [0.1, 0.15) is 0 Å². The molecule has 0 radical (unpaired) electrons. The molecule has 0 aliphatic carbocycles. The third-order valence-corrected chi connectivity index (χ3v) is 9.19. The van der Waals surface area contributed by atoms with E-state index in [2.05, 4.69) is 108 Å². The largest absolute Gasteiger partial charge is 0.264 e. The zero-order chi connectivity index (χ0) is 33.3. The van der Waals surface area contributed by atoms with Gasteiger partial charge in [-0.1, -0.05) is 152 Å². The maximum absolute atomic E-state index is 5.04. The molecule has 0 amide bonds. The van der Waals surface area contributed by atoms with Crippen molar-refractivity contribution in [1.82, 2.24) is 19.9 Å². The molecule has 9 rings (SSSR count). The molecule has 2 aromatic heterocycles. The van der Waals surface area contributed by atoms with E-state index in [9.17, 15) is 0 Å². The fourth-order valence-electron chi connectivity index (χ4n) is 6.86. The predicted octanol–water partition coefficient (Wildman–Crippen LogP) is 11.6. The summed E-state index contributed by atoms with van der Waals surface area (Å²) in [5.74, 6) is 1.91. The van der Waals surface area contributed by atoms with Gasteiger partial charge in [0, 0.05) is 34.6 Å². The molecule has 0 unspecified atom stereocenters. The average Bonchev–Trinajstić information content (AvgIpc) is 3.21. The van der Waals surface area contributed by atoms with Crippen molar-refractivity contribution in [2.75, 3.05) is 0 Å². The van der Waals surface area contributed by atoms with E-state index >= 15 is 0 Å². The van der Waals surface area contributed by atoms with Gasteiger partial charge in [-0.15, -0.1) is 0 Å². The van der Waals surface area contributed by atoms with Crippen molar-refractivity contribution in [3.05, 3.63) is 182 Å². The lowest BCUT2D eigenvalue weighted by Crippen LogP contribution is -2.00. The Labute approximate surface area is 290 Å². The van der Waals surface area contributed by atoms with Crippen LogP contribution in [0.5, 0.6) is 0 Å². The quantitative estimate of drug-likeness (QED) is 0.170. The molecule has 0 spiro atoms. The highest BCUT2D eigenvalue weighted by Gasteiger charge is 2.20. The predicted molar refractivity (Wildman–Crippen MR) is 205 cm³/mol. The third-order valence-electron chi connectivity index (χ3n) is 9.19. The van der Waals surface area contributed by atoms with Gasteiger partial charge in [0.25, 0.3) is 0 Å². The Morgan fingerprint density at radius 3 is 1.42 bits per heavy atom. The van der Waals surface area contributed by atoms with Crippen LogP contribution in [-0.4, -0.2) is 19.9 Å². The van der Waals surface area contributed by atoms with Gasteiger partial charge >= 0.3 is 0 Å². The number of pyridine rings is 1. The van der Waals surface area contributed by atoms with Gasteiger partial charge in [0.05, 0.1) is 0 Å². The molecule has 234 valence electrons. The summed E-state index contributed by atoms with van der Waals surface area (Å²) in [7, 11) is 0. The Hall–Kier alpha value is -6.78. The summed E-state index contributed by atoms with van der Waals surface area (Å²) in [6.07, 6.45) is 3.74. The van der Waals surface area contributed by atoms with E-state index in [1.807, 2.05) is 79.1 Å². The van der Waals surface area contributed by atoms with Crippen LogP contribution in [0.15, 0.2) is 182 Å². The van der Waals surface area contributed by atoms with E-state index in [4.69, 9.17) is 15.0 Å². The zero-order valence-corrected chi connectivity index (χ0v) is 27.1. The van der Waals surface area contributed by atoms with Crippen LogP contribution < -0.4 is 0 Å². The van der Waals surface area contributed by atoms with Gasteiger partial charge in [-0.05, 0) is 67.6 Å². The Balaban J connectivity index is 1.31. The van der Waals surface area contributed by atoms with Gasteiger partial charge in [-0.3, -0.25) is 4.98 Å². The number of hydrogen-bond acceptors (Lipinski definition) is 4. The number of rotatable bonds is 6. The second-order valence-electron chi connectivity index (χ2n) is 12.3. The first-order valence-corrected chi connectivity index (χ1v) is 16.7. The first kappa shape index (κ1) is 29.4. The van der Waals surface area contributed by atoms with E-state index in [0.29, 0.717) is 17.5 Å². The fourth-order valence-corrected chi connectivity index (χ4v) is 6.86. The molecular weight excluding hydrogens is 609 g/mol. The van der Waals surface area contributed by atoms with Crippen molar-refractivity contribution < 1.29 is 0 Å². The first-order valence-electron chi connectivity index (χ1n) is 16.7. The van der Waals surface area contributed by atoms with Crippen LogP contribution in [0, 0.1) is 0 Å². The minimum Gasteiger partial charge on any atom is -0.264 e. The van der Waals surface area contributed by atoms with Gasteiger partial charge in [0.15, 0.2) is 17.5 Å². The molecule has 2 heterocycles. The molecule has 0 saturated carbocycles. The Morgan fingerprint density at radius 2 is 0.780 bits per heavy atom. The highest BCUT2D eigenvalue weighted by atomic mass is 15.0. The Kier molecular flexibility index (Phi) is 7.45. The standard InChI is InChI=1S/C46H30N4/c1-4-14-31(15-5-1)42-41-29-34(37-22-13-27-47-30-37)25-26-39(41)38-23-10-11-24-40(38)43(42)35-20-12-21-36(28-35)46-49-44(32-16-6-2-7-17-32)48-45(50-46)33-18-8-3-9-19-33/h1-30H. The van der Waals surface area contributed by atoms with Gasteiger partial charge in [-0.2, -0.15) is 0 Å². The zero-order valence-electron chi connectivity index (χ0n) is 27.1. The van der Waals surface area contributed by atoms with Crippen molar-refractivity contribution in [3.63, 3.8) is 0 Å². The Morgan fingerprint density at radius 1 is 0.280 bits per heavy atom. The Bertz CT molecular complexity index is 2560. The van der Waals surface area contributed by atoms with Crippen LogP contribution in [0.25, 0.3) is 89.1 Å². The van der Waals surface area contributed by atoms with E-state index in [1.54, 1.807) is 0 Å². The normalized spacial score (nSPS) is 11.2. The van der Waals surface area contributed by atoms with Crippen molar-refractivity contribution >= 4 is 21.5 Å². The number of benzene rings is 7. The third kappa shape index (κ3) is 5.39. The van der Waals surface area contributed by atoms with Crippen molar-refractivity contribution in [1.29, 1.82) is 0 Å². The average molecular weight is 639 g/mol. The van der Waals surface area contributed by atoms with E-state index in [-0.39, 0.29) is 0 Å².